The second-order valence-corrected chi connectivity index (χ2v) is 4.46. The molecule has 0 fully saturated rings. The van der Waals surface area contributed by atoms with Crippen LogP contribution in [0.4, 0.5) is 11.4 Å². The highest BCUT2D eigenvalue weighted by molar-refractivity contribution is 5.95. The average Bonchev–Trinajstić information content (AvgIpc) is 2.86. The molecular formula is C13H16N4O2. The van der Waals surface area contributed by atoms with Gasteiger partial charge in [0.25, 0.3) is 0 Å². The first kappa shape index (κ1) is 12.9. The highest BCUT2D eigenvalue weighted by Crippen LogP contribution is 2.25. The number of nitrogens with zero attached hydrogens (tertiary/aromatic N) is 1. The maximum Gasteiger partial charge on any atom is 0.337 e. The normalized spacial score (nSPS) is 12.1. The number of anilines is 2. The number of H-pyrrole nitrogens is 1. The van der Waals surface area contributed by atoms with Gasteiger partial charge in [0.05, 0.1) is 17.8 Å². The molecule has 100 valence electrons. The van der Waals surface area contributed by atoms with E-state index in [2.05, 4.69) is 15.5 Å². The lowest BCUT2D eigenvalue weighted by Gasteiger charge is -2.16. The number of carbonyl (C=O) groups is 1. The minimum atomic E-state index is -1.03. The Bertz CT molecular complexity index is 593. The Morgan fingerprint density at radius 3 is 2.84 bits per heavy atom. The number of benzene rings is 1. The van der Waals surface area contributed by atoms with Gasteiger partial charge in [-0.15, -0.1) is 0 Å². The molecule has 0 bridgehead atoms. The minimum Gasteiger partial charge on any atom is -0.478 e. The van der Waals surface area contributed by atoms with Crippen LogP contribution in [-0.4, -0.2) is 21.3 Å². The fourth-order valence-corrected chi connectivity index (χ4v) is 1.89. The molecule has 0 radical (unpaired) electrons. The van der Waals surface area contributed by atoms with Crippen molar-refractivity contribution in [2.75, 3.05) is 11.1 Å². The summed E-state index contributed by atoms with van der Waals surface area (Å²) in [6.45, 7) is 3.76. The highest BCUT2D eigenvalue weighted by Gasteiger charge is 2.13. The predicted molar refractivity (Wildman–Crippen MR) is 73.2 cm³/mol. The first-order chi connectivity index (χ1) is 8.99. The van der Waals surface area contributed by atoms with Gasteiger partial charge in [0, 0.05) is 23.1 Å². The molecule has 19 heavy (non-hydrogen) atoms. The summed E-state index contributed by atoms with van der Waals surface area (Å²) in [5, 5.41) is 19.0. The number of nitrogens with one attached hydrogen (secondary N) is 2. The van der Waals surface area contributed by atoms with Crippen LogP contribution in [0.1, 0.15) is 34.5 Å². The Hall–Kier alpha value is -2.50. The van der Waals surface area contributed by atoms with E-state index in [4.69, 9.17) is 10.8 Å². The van der Waals surface area contributed by atoms with Gasteiger partial charge in [-0.05, 0) is 31.5 Å². The van der Waals surface area contributed by atoms with E-state index in [9.17, 15) is 4.79 Å². The van der Waals surface area contributed by atoms with Crippen molar-refractivity contribution in [3.63, 3.8) is 0 Å². The summed E-state index contributed by atoms with van der Waals surface area (Å²) in [6, 6.07) is 3.39. The second kappa shape index (κ2) is 5.01. The van der Waals surface area contributed by atoms with E-state index in [-0.39, 0.29) is 11.6 Å². The number of aryl methyl sites for hydroxylation is 1. The Morgan fingerprint density at radius 1 is 1.53 bits per heavy atom. The standard InChI is InChI=1S/C13H16N4O2/c1-7-3-10(4-11(12(7)14)13(18)19)17-8(2)9-5-15-16-6-9/h3-6,8,17H,14H2,1-2H3,(H,15,16)(H,18,19). The van der Waals surface area contributed by atoms with Gasteiger partial charge in [-0.2, -0.15) is 5.10 Å². The van der Waals surface area contributed by atoms with Crippen LogP contribution in [0, 0.1) is 6.92 Å². The van der Waals surface area contributed by atoms with Crippen molar-refractivity contribution in [3.05, 3.63) is 41.2 Å². The first-order valence-corrected chi connectivity index (χ1v) is 5.87. The zero-order valence-electron chi connectivity index (χ0n) is 10.8. The van der Waals surface area contributed by atoms with E-state index in [1.807, 2.05) is 13.0 Å². The Labute approximate surface area is 110 Å². The molecular weight excluding hydrogens is 244 g/mol. The summed E-state index contributed by atoms with van der Waals surface area (Å²) >= 11 is 0. The molecule has 5 N–H and O–H groups in total. The summed E-state index contributed by atoms with van der Waals surface area (Å²) in [5.41, 5.74) is 8.62. The number of carboxylic acids is 1. The maximum absolute atomic E-state index is 11.1. The van der Waals surface area contributed by atoms with Crippen LogP contribution in [0.5, 0.6) is 0 Å². The highest BCUT2D eigenvalue weighted by atomic mass is 16.4. The van der Waals surface area contributed by atoms with Crippen molar-refractivity contribution in [1.29, 1.82) is 0 Å². The zero-order valence-corrected chi connectivity index (χ0v) is 10.8. The lowest BCUT2D eigenvalue weighted by molar-refractivity contribution is 0.0698. The number of aromatic amines is 1. The maximum atomic E-state index is 11.1. The second-order valence-electron chi connectivity index (χ2n) is 4.46. The van der Waals surface area contributed by atoms with Crippen molar-refractivity contribution >= 4 is 17.3 Å². The van der Waals surface area contributed by atoms with Crippen LogP contribution in [0.2, 0.25) is 0 Å². The smallest absolute Gasteiger partial charge is 0.337 e. The third-order valence-electron chi connectivity index (χ3n) is 3.02. The van der Waals surface area contributed by atoms with Gasteiger partial charge < -0.3 is 16.2 Å². The number of rotatable bonds is 4. The summed E-state index contributed by atoms with van der Waals surface area (Å²) in [5.74, 6) is -1.03. The van der Waals surface area contributed by atoms with E-state index >= 15 is 0 Å². The quantitative estimate of drug-likeness (QED) is 0.631. The summed E-state index contributed by atoms with van der Waals surface area (Å²) in [6.07, 6.45) is 3.51. The van der Waals surface area contributed by atoms with Crippen molar-refractivity contribution in [1.82, 2.24) is 10.2 Å². The molecule has 1 atom stereocenters. The molecule has 1 aromatic carbocycles. The molecule has 0 saturated carbocycles. The number of nitrogen functional groups attached to an aromatic ring is 1. The molecule has 0 aliphatic rings. The topological polar surface area (TPSA) is 104 Å². The van der Waals surface area contributed by atoms with Crippen molar-refractivity contribution in [2.45, 2.75) is 19.9 Å². The molecule has 0 spiro atoms. The Morgan fingerprint density at radius 2 is 2.26 bits per heavy atom. The molecule has 0 amide bonds. The largest absolute Gasteiger partial charge is 0.478 e. The Balaban J connectivity index is 2.28. The summed E-state index contributed by atoms with van der Waals surface area (Å²) < 4.78 is 0. The molecule has 6 heteroatoms. The van der Waals surface area contributed by atoms with E-state index < -0.39 is 5.97 Å². The number of carboxylic acid groups (broad SMARTS) is 1. The zero-order chi connectivity index (χ0) is 14.0. The van der Waals surface area contributed by atoms with Crippen molar-refractivity contribution in [2.24, 2.45) is 0 Å². The van der Waals surface area contributed by atoms with E-state index in [1.54, 1.807) is 25.4 Å². The van der Waals surface area contributed by atoms with Crippen molar-refractivity contribution in [3.8, 4) is 0 Å². The predicted octanol–water partition coefficient (Wildman–Crippen LogP) is 2.17. The average molecular weight is 260 g/mol. The third-order valence-corrected chi connectivity index (χ3v) is 3.02. The van der Waals surface area contributed by atoms with E-state index in [0.717, 1.165) is 16.8 Å². The fraction of sp³-hybridized carbons (Fsp3) is 0.231. The van der Waals surface area contributed by atoms with Crippen LogP contribution in [-0.2, 0) is 0 Å². The molecule has 0 aliphatic heterocycles. The molecule has 1 heterocycles. The molecule has 2 rings (SSSR count). The van der Waals surface area contributed by atoms with Crippen LogP contribution < -0.4 is 11.1 Å². The molecule has 0 aliphatic carbocycles. The minimum absolute atomic E-state index is 0.0171. The molecule has 2 aromatic rings. The van der Waals surface area contributed by atoms with Gasteiger partial charge in [-0.25, -0.2) is 4.79 Å². The van der Waals surface area contributed by atoms with Crippen LogP contribution in [0.15, 0.2) is 24.5 Å². The number of hydrogen-bond acceptors (Lipinski definition) is 4. The molecule has 6 nitrogen and oxygen atoms in total. The van der Waals surface area contributed by atoms with Crippen LogP contribution in [0.3, 0.4) is 0 Å². The number of aromatic nitrogens is 2. The molecule has 0 saturated heterocycles. The molecule has 1 aromatic heterocycles. The Kier molecular flexibility index (Phi) is 3.41. The third kappa shape index (κ3) is 2.67. The number of hydrogen-bond donors (Lipinski definition) is 4. The van der Waals surface area contributed by atoms with Crippen molar-refractivity contribution < 1.29 is 9.90 Å². The van der Waals surface area contributed by atoms with Gasteiger partial charge in [-0.1, -0.05) is 0 Å². The summed E-state index contributed by atoms with van der Waals surface area (Å²) in [4.78, 5) is 11.1. The van der Waals surface area contributed by atoms with Crippen LogP contribution >= 0.6 is 0 Å². The number of aromatic carboxylic acids is 1. The van der Waals surface area contributed by atoms with Gasteiger partial charge in [0.2, 0.25) is 0 Å². The van der Waals surface area contributed by atoms with Gasteiger partial charge in [0.15, 0.2) is 0 Å². The first-order valence-electron chi connectivity index (χ1n) is 5.87. The number of nitrogens with two attached hydrogens (primary N) is 1. The van der Waals surface area contributed by atoms with E-state index in [0.29, 0.717) is 5.69 Å². The van der Waals surface area contributed by atoms with Gasteiger partial charge in [0.1, 0.15) is 0 Å². The fourth-order valence-electron chi connectivity index (χ4n) is 1.89. The lowest BCUT2D eigenvalue weighted by atomic mass is 10.1. The molecule has 1 unspecified atom stereocenters. The van der Waals surface area contributed by atoms with E-state index in [1.165, 1.54) is 0 Å². The SMILES string of the molecule is Cc1cc(NC(C)c2cn[nH]c2)cc(C(=O)O)c1N. The van der Waals surface area contributed by atoms with Gasteiger partial charge in [-0.3, -0.25) is 5.10 Å². The lowest BCUT2D eigenvalue weighted by Crippen LogP contribution is -2.09. The van der Waals surface area contributed by atoms with Gasteiger partial charge >= 0.3 is 5.97 Å². The van der Waals surface area contributed by atoms with Crippen LogP contribution in [0.25, 0.3) is 0 Å². The summed E-state index contributed by atoms with van der Waals surface area (Å²) in [7, 11) is 0. The monoisotopic (exact) mass is 260 g/mol.